The Bertz CT molecular complexity index is 593. The summed E-state index contributed by atoms with van der Waals surface area (Å²) in [6, 6.07) is 15.5. The summed E-state index contributed by atoms with van der Waals surface area (Å²) in [5.41, 5.74) is 1.40. The van der Waals surface area contributed by atoms with Crippen LogP contribution in [0.3, 0.4) is 0 Å². The van der Waals surface area contributed by atoms with Crippen LogP contribution in [0.2, 0.25) is 0 Å². The summed E-state index contributed by atoms with van der Waals surface area (Å²) < 4.78 is 0. The number of fused-ring (bicyclic) bond motifs is 2. The number of hydrogen-bond donors (Lipinski definition) is 0. The molecule has 2 aromatic carbocycles. The Labute approximate surface area is 114 Å². The van der Waals surface area contributed by atoms with Crippen molar-refractivity contribution >= 4 is 16.5 Å². The molecule has 2 saturated heterocycles. The highest BCUT2D eigenvalue weighted by molar-refractivity contribution is 5.85. The van der Waals surface area contributed by atoms with Gasteiger partial charge in [-0.15, -0.1) is 0 Å². The summed E-state index contributed by atoms with van der Waals surface area (Å²) >= 11 is 0. The van der Waals surface area contributed by atoms with Gasteiger partial charge in [0.2, 0.25) is 0 Å². The van der Waals surface area contributed by atoms with Gasteiger partial charge in [-0.1, -0.05) is 30.3 Å². The first kappa shape index (κ1) is 11.3. The van der Waals surface area contributed by atoms with E-state index in [4.69, 9.17) is 0 Å². The van der Waals surface area contributed by atoms with Gasteiger partial charge in [0.05, 0.1) is 0 Å². The maximum atomic E-state index is 2.58. The van der Waals surface area contributed by atoms with Crippen molar-refractivity contribution in [3.63, 3.8) is 0 Å². The van der Waals surface area contributed by atoms with Crippen LogP contribution < -0.4 is 4.90 Å². The molecular weight excluding hydrogens is 232 g/mol. The van der Waals surface area contributed by atoms with Gasteiger partial charge >= 0.3 is 0 Å². The molecule has 2 nitrogen and oxygen atoms in total. The predicted octanol–water partition coefficient (Wildman–Crippen LogP) is 2.84. The number of likely N-dealkylation sites (tertiary alicyclic amines) is 1. The van der Waals surface area contributed by atoms with Crippen molar-refractivity contribution in [2.24, 2.45) is 11.8 Å². The van der Waals surface area contributed by atoms with E-state index in [1.54, 1.807) is 0 Å². The third kappa shape index (κ3) is 1.91. The molecule has 0 aliphatic carbocycles. The minimum Gasteiger partial charge on any atom is -0.371 e. The quantitative estimate of drug-likeness (QED) is 0.770. The molecule has 0 spiro atoms. The van der Waals surface area contributed by atoms with E-state index in [9.17, 15) is 0 Å². The van der Waals surface area contributed by atoms with E-state index in [-0.39, 0.29) is 0 Å². The molecule has 4 rings (SSSR count). The Kier molecular flexibility index (Phi) is 2.52. The van der Waals surface area contributed by atoms with E-state index >= 15 is 0 Å². The normalized spacial score (nSPS) is 27.1. The Morgan fingerprint density at radius 2 is 1.53 bits per heavy atom. The van der Waals surface area contributed by atoms with Crippen molar-refractivity contribution < 1.29 is 0 Å². The van der Waals surface area contributed by atoms with Crippen molar-refractivity contribution in [1.82, 2.24) is 4.90 Å². The van der Waals surface area contributed by atoms with Crippen LogP contribution in [-0.2, 0) is 0 Å². The van der Waals surface area contributed by atoms with Gasteiger partial charge in [0.25, 0.3) is 0 Å². The zero-order chi connectivity index (χ0) is 12.8. The number of rotatable bonds is 1. The third-order valence-electron chi connectivity index (χ3n) is 4.77. The van der Waals surface area contributed by atoms with Crippen LogP contribution in [-0.4, -0.2) is 38.1 Å². The fraction of sp³-hybridized carbons (Fsp3) is 0.412. The Hall–Kier alpha value is -1.54. The molecule has 2 unspecified atom stereocenters. The predicted molar refractivity (Wildman–Crippen MR) is 80.6 cm³/mol. The molecule has 2 fully saturated rings. The van der Waals surface area contributed by atoms with Gasteiger partial charge in [-0.05, 0) is 41.8 Å². The topological polar surface area (TPSA) is 6.48 Å². The van der Waals surface area contributed by atoms with Crippen LogP contribution in [0.5, 0.6) is 0 Å². The average Bonchev–Trinajstić information content (AvgIpc) is 2.95. The Morgan fingerprint density at radius 3 is 2.26 bits per heavy atom. The second-order valence-electron chi connectivity index (χ2n) is 6.18. The van der Waals surface area contributed by atoms with Crippen LogP contribution in [0.25, 0.3) is 10.8 Å². The minimum atomic E-state index is 0.872. The van der Waals surface area contributed by atoms with E-state index < -0.39 is 0 Å². The lowest BCUT2D eigenvalue weighted by Gasteiger charge is -2.21. The molecule has 98 valence electrons. The molecule has 0 bridgehead atoms. The van der Waals surface area contributed by atoms with E-state index in [1.807, 2.05) is 0 Å². The van der Waals surface area contributed by atoms with Crippen molar-refractivity contribution in [2.45, 2.75) is 0 Å². The number of benzene rings is 2. The molecule has 0 saturated carbocycles. The minimum absolute atomic E-state index is 0.872. The van der Waals surface area contributed by atoms with Gasteiger partial charge < -0.3 is 9.80 Å². The molecule has 0 radical (unpaired) electrons. The van der Waals surface area contributed by atoms with Crippen LogP contribution in [0, 0.1) is 11.8 Å². The molecule has 2 heteroatoms. The first-order valence-electron chi connectivity index (χ1n) is 7.22. The van der Waals surface area contributed by atoms with E-state index in [2.05, 4.69) is 59.3 Å². The fourth-order valence-corrected chi connectivity index (χ4v) is 3.81. The molecule has 0 aromatic heterocycles. The number of anilines is 1. The first-order valence-corrected chi connectivity index (χ1v) is 7.22. The van der Waals surface area contributed by atoms with Gasteiger partial charge in [0, 0.05) is 31.9 Å². The zero-order valence-electron chi connectivity index (χ0n) is 11.4. The number of hydrogen-bond acceptors (Lipinski definition) is 2. The standard InChI is InChI=1S/C17H20N2/c1-18-9-15-11-19(12-16(15)10-18)17-7-6-13-4-2-3-5-14(13)8-17/h2-8,15-16H,9-12H2,1H3. The maximum Gasteiger partial charge on any atom is 0.0372 e. The first-order chi connectivity index (χ1) is 9.29. The second-order valence-corrected chi connectivity index (χ2v) is 6.18. The summed E-state index contributed by atoms with van der Waals surface area (Å²) in [5, 5.41) is 2.69. The summed E-state index contributed by atoms with van der Waals surface area (Å²) in [6.45, 7) is 5.00. The largest absolute Gasteiger partial charge is 0.371 e. The van der Waals surface area contributed by atoms with Crippen LogP contribution in [0.4, 0.5) is 5.69 Å². The average molecular weight is 252 g/mol. The zero-order valence-corrected chi connectivity index (χ0v) is 11.4. The maximum absolute atomic E-state index is 2.58. The fourth-order valence-electron chi connectivity index (χ4n) is 3.81. The Balaban J connectivity index is 1.62. The smallest absolute Gasteiger partial charge is 0.0372 e. The summed E-state index contributed by atoms with van der Waals surface area (Å²) in [7, 11) is 2.25. The van der Waals surface area contributed by atoms with Gasteiger partial charge in [-0.2, -0.15) is 0 Å². The lowest BCUT2D eigenvalue weighted by Crippen LogP contribution is -2.26. The van der Waals surface area contributed by atoms with Gasteiger partial charge in [-0.25, -0.2) is 0 Å². The highest BCUT2D eigenvalue weighted by atomic mass is 15.2. The SMILES string of the molecule is CN1CC2CN(c3ccc4ccccc4c3)CC2C1. The van der Waals surface area contributed by atoms with Crippen molar-refractivity contribution in [3.05, 3.63) is 42.5 Å². The van der Waals surface area contributed by atoms with Crippen LogP contribution in [0.1, 0.15) is 0 Å². The molecule has 19 heavy (non-hydrogen) atoms. The van der Waals surface area contributed by atoms with E-state index in [1.165, 1.54) is 42.6 Å². The van der Waals surface area contributed by atoms with Crippen molar-refractivity contribution in [1.29, 1.82) is 0 Å². The molecular formula is C17H20N2. The molecule has 2 aliphatic rings. The highest BCUT2D eigenvalue weighted by Crippen LogP contribution is 2.34. The molecule has 2 heterocycles. The van der Waals surface area contributed by atoms with Crippen LogP contribution in [0.15, 0.2) is 42.5 Å². The highest BCUT2D eigenvalue weighted by Gasteiger charge is 2.38. The monoisotopic (exact) mass is 252 g/mol. The van der Waals surface area contributed by atoms with E-state index in [0.29, 0.717) is 0 Å². The van der Waals surface area contributed by atoms with E-state index in [0.717, 1.165) is 11.8 Å². The second kappa shape index (κ2) is 4.24. The third-order valence-corrected chi connectivity index (χ3v) is 4.77. The molecule has 2 atom stereocenters. The van der Waals surface area contributed by atoms with Gasteiger partial charge in [0.15, 0.2) is 0 Å². The molecule has 0 amide bonds. The molecule has 2 aromatic rings. The summed E-state index contributed by atoms with van der Waals surface area (Å²) in [5.74, 6) is 1.74. The lowest BCUT2D eigenvalue weighted by molar-refractivity contribution is 0.387. The summed E-state index contributed by atoms with van der Waals surface area (Å²) in [6.07, 6.45) is 0. The van der Waals surface area contributed by atoms with Crippen molar-refractivity contribution in [2.75, 3.05) is 38.1 Å². The Morgan fingerprint density at radius 1 is 0.842 bits per heavy atom. The van der Waals surface area contributed by atoms with Crippen LogP contribution >= 0.6 is 0 Å². The van der Waals surface area contributed by atoms with Crippen molar-refractivity contribution in [3.8, 4) is 0 Å². The molecule has 0 N–H and O–H groups in total. The number of nitrogens with zero attached hydrogens (tertiary/aromatic N) is 2. The van der Waals surface area contributed by atoms with Gasteiger partial charge in [-0.3, -0.25) is 0 Å². The molecule has 2 aliphatic heterocycles. The lowest BCUT2D eigenvalue weighted by atomic mass is 10.0. The summed E-state index contributed by atoms with van der Waals surface area (Å²) in [4.78, 5) is 5.06. The van der Waals surface area contributed by atoms with Gasteiger partial charge in [0.1, 0.15) is 0 Å².